The maximum atomic E-state index is 13.1. The van der Waals surface area contributed by atoms with Crippen molar-refractivity contribution in [1.29, 1.82) is 0 Å². The molecule has 1 aliphatic heterocycles. The fraction of sp³-hybridized carbons (Fsp3) is 0.167. The number of nitrogens with zero attached hydrogens (tertiary/aromatic N) is 1. The Hall–Kier alpha value is -3.85. The second-order valence-electron chi connectivity index (χ2n) is 7.30. The first kappa shape index (κ1) is 22.3. The summed E-state index contributed by atoms with van der Waals surface area (Å²) in [6.45, 7) is 0.0776. The minimum absolute atomic E-state index is 0.142. The molecule has 0 fully saturated rings. The van der Waals surface area contributed by atoms with Crippen molar-refractivity contribution in [1.82, 2.24) is 0 Å². The molecule has 170 valence electrons. The van der Waals surface area contributed by atoms with Gasteiger partial charge in [0.25, 0.3) is 15.9 Å². The number of fused-ring (bicyclic) bond motifs is 1. The highest BCUT2D eigenvalue weighted by Gasteiger charge is 2.30. The van der Waals surface area contributed by atoms with E-state index in [2.05, 4.69) is 5.32 Å². The summed E-state index contributed by atoms with van der Waals surface area (Å²) in [5.74, 6) is -0.701. The second-order valence-corrected chi connectivity index (χ2v) is 9.16. The van der Waals surface area contributed by atoms with Crippen molar-refractivity contribution in [2.45, 2.75) is 11.3 Å². The Morgan fingerprint density at radius 1 is 0.970 bits per heavy atom. The van der Waals surface area contributed by atoms with Crippen molar-refractivity contribution >= 4 is 33.3 Å². The van der Waals surface area contributed by atoms with Crippen molar-refractivity contribution in [3.05, 3.63) is 83.9 Å². The number of hydrogen-bond donors (Lipinski definition) is 1. The number of carbonyl (C=O) groups is 2. The third-order valence-corrected chi connectivity index (χ3v) is 7.06. The van der Waals surface area contributed by atoms with E-state index in [-0.39, 0.29) is 17.1 Å². The van der Waals surface area contributed by atoms with Crippen LogP contribution in [-0.4, -0.2) is 40.6 Å². The summed E-state index contributed by atoms with van der Waals surface area (Å²) in [6.07, 6.45) is 0.671. The van der Waals surface area contributed by atoms with Gasteiger partial charge in [-0.25, -0.2) is 13.2 Å². The number of nitrogens with one attached hydrogen (secondary N) is 1. The summed E-state index contributed by atoms with van der Waals surface area (Å²) in [5, 5.41) is 2.61. The molecule has 1 heterocycles. The molecule has 1 amide bonds. The molecule has 0 atom stereocenters. The molecule has 0 radical (unpaired) electrons. The highest BCUT2D eigenvalue weighted by molar-refractivity contribution is 7.92. The van der Waals surface area contributed by atoms with Crippen LogP contribution in [0.2, 0.25) is 0 Å². The topological polar surface area (TPSA) is 102 Å². The van der Waals surface area contributed by atoms with E-state index in [1.165, 1.54) is 35.7 Å². The van der Waals surface area contributed by atoms with Gasteiger partial charge in [-0.05, 0) is 54.4 Å². The van der Waals surface area contributed by atoms with E-state index in [4.69, 9.17) is 9.47 Å². The predicted octanol–water partition coefficient (Wildman–Crippen LogP) is 3.24. The Kier molecular flexibility index (Phi) is 6.32. The van der Waals surface area contributed by atoms with Gasteiger partial charge in [-0.15, -0.1) is 0 Å². The molecule has 0 saturated carbocycles. The van der Waals surface area contributed by atoms with Crippen LogP contribution in [0.1, 0.15) is 15.9 Å². The van der Waals surface area contributed by atoms with Crippen LogP contribution in [0.15, 0.2) is 77.7 Å². The predicted molar refractivity (Wildman–Crippen MR) is 123 cm³/mol. The molecule has 0 aliphatic carbocycles. The molecule has 9 heteroatoms. The molecule has 1 N–H and O–H groups in total. The standard InChI is InChI=1S/C24H22N2O6S/c1-31-24(28)20-7-3-4-8-21(20)25-23(27)16-32-18-10-12-19(13-11-18)33(29,30)26-15-14-17-6-2-5-9-22(17)26/h2-13H,14-16H2,1H3,(H,25,27). The Labute approximate surface area is 191 Å². The number of anilines is 2. The molecule has 3 aromatic rings. The van der Waals surface area contributed by atoms with Crippen molar-refractivity contribution in [3.8, 4) is 5.75 Å². The van der Waals surface area contributed by atoms with Crippen LogP contribution in [0, 0.1) is 0 Å². The summed E-state index contributed by atoms with van der Waals surface area (Å²) >= 11 is 0. The quantitative estimate of drug-likeness (QED) is 0.537. The number of sulfonamides is 1. The number of hydrogen-bond acceptors (Lipinski definition) is 6. The lowest BCUT2D eigenvalue weighted by Crippen LogP contribution is -2.29. The zero-order valence-corrected chi connectivity index (χ0v) is 18.7. The molecular weight excluding hydrogens is 444 g/mol. The smallest absolute Gasteiger partial charge is 0.339 e. The third kappa shape index (κ3) is 4.68. The summed E-state index contributed by atoms with van der Waals surface area (Å²) < 4.78 is 37.7. The number of esters is 1. The van der Waals surface area contributed by atoms with Gasteiger partial charge in [-0.3, -0.25) is 9.10 Å². The summed E-state index contributed by atoms with van der Waals surface area (Å²) in [6, 6.07) is 19.8. The summed E-state index contributed by atoms with van der Waals surface area (Å²) in [4.78, 5) is 24.2. The van der Waals surface area contributed by atoms with Crippen LogP contribution in [0.4, 0.5) is 11.4 Å². The second kappa shape index (κ2) is 9.33. The number of amides is 1. The summed E-state index contributed by atoms with van der Waals surface area (Å²) in [7, 11) is -2.44. The van der Waals surface area contributed by atoms with Crippen LogP contribution in [-0.2, 0) is 26.0 Å². The van der Waals surface area contributed by atoms with Gasteiger partial charge in [-0.2, -0.15) is 0 Å². The fourth-order valence-electron chi connectivity index (χ4n) is 3.61. The average molecular weight is 467 g/mol. The Bertz CT molecular complexity index is 1290. The maximum Gasteiger partial charge on any atom is 0.339 e. The van der Waals surface area contributed by atoms with Gasteiger partial charge in [-0.1, -0.05) is 30.3 Å². The molecule has 0 aromatic heterocycles. The van der Waals surface area contributed by atoms with E-state index < -0.39 is 21.9 Å². The van der Waals surface area contributed by atoms with Crippen LogP contribution in [0.3, 0.4) is 0 Å². The molecule has 0 unspecified atom stereocenters. The van der Waals surface area contributed by atoms with Crippen molar-refractivity contribution in [3.63, 3.8) is 0 Å². The molecule has 0 spiro atoms. The van der Waals surface area contributed by atoms with Gasteiger partial charge in [0.15, 0.2) is 6.61 Å². The van der Waals surface area contributed by atoms with Crippen molar-refractivity contribution < 1.29 is 27.5 Å². The number of ether oxygens (including phenoxy) is 2. The molecule has 1 aliphatic rings. The third-order valence-electron chi connectivity index (χ3n) is 5.23. The number of benzene rings is 3. The van der Waals surface area contributed by atoms with Crippen LogP contribution >= 0.6 is 0 Å². The lowest BCUT2D eigenvalue weighted by Gasteiger charge is -2.19. The zero-order valence-electron chi connectivity index (χ0n) is 17.9. The van der Waals surface area contributed by atoms with E-state index >= 15 is 0 Å². The Morgan fingerprint density at radius 2 is 1.67 bits per heavy atom. The number of rotatable bonds is 7. The first-order chi connectivity index (χ1) is 15.9. The molecule has 33 heavy (non-hydrogen) atoms. The average Bonchev–Trinajstić information content (AvgIpc) is 3.28. The molecule has 4 rings (SSSR count). The Balaban J connectivity index is 1.40. The Morgan fingerprint density at radius 3 is 2.42 bits per heavy atom. The van der Waals surface area contributed by atoms with Crippen molar-refractivity contribution in [2.24, 2.45) is 0 Å². The van der Waals surface area contributed by atoms with Crippen LogP contribution in [0.25, 0.3) is 0 Å². The fourth-order valence-corrected chi connectivity index (χ4v) is 5.11. The minimum Gasteiger partial charge on any atom is -0.484 e. The van der Waals surface area contributed by atoms with E-state index in [0.717, 1.165) is 5.56 Å². The van der Waals surface area contributed by atoms with E-state index in [0.29, 0.717) is 30.1 Å². The van der Waals surface area contributed by atoms with Gasteiger partial charge in [0.05, 0.1) is 28.9 Å². The molecule has 0 saturated heterocycles. The van der Waals surface area contributed by atoms with Gasteiger partial charge < -0.3 is 14.8 Å². The lowest BCUT2D eigenvalue weighted by atomic mass is 10.2. The normalized spacial score (nSPS) is 12.7. The number of carbonyl (C=O) groups excluding carboxylic acids is 2. The highest BCUT2D eigenvalue weighted by Crippen LogP contribution is 2.33. The highest BCUT2D eigenvalue weighted by atomic mass is 32.2. The van der Waals surface area contributed by atoms with Gasteiger partial charge in [0.1, 0.15) is 5.75 Å². The van der Waals surface area contributed by atoms with Crippen molar-refractivity contribution in [2.75, 3.05) is 29.9 Å². The van der Waals surface area contributed by atoms with Crippen LogP contribution < -0.4 is 14.4 Å². The zero-order chi connectivity index (χ0) is 23.4. The maximum absolute atomic E-state index is 13.1. The monoisotopic (exact) mass is 466 g/mol. The van der Waals surface area contributed by atoms with Gasteiger partial charge >= 0.3 is 5.97 Å². The first-order valence-corrected chi connectivity index (χ1v) is 11.6. The van der Waals surface area contributed by atoms with E-state index in [1.54, 1.807) is 30.3 Å². The number of methoxy groups -OCH3 is 1. The van der Waals surface area contributed by atoms with E-state index in [1.807, 2.05) is 18.2 Å². The summed E-state index contributed by atoms with van der Waals surface area (Å²) in [5.41, 5.74) is 2.24. The molecular formula is C24H22N2O6S. The first-order valence-electron chi connectivity index (χ1n) is 10.2. The number of para-hydroxylation sites is 2. The van der Waals surface area contributed by atoms with Gasteiger partial charge in [0.2, 0.25) is 0 Å². The SMILES string of the molecule is COC(=O)c1ccccc1NC(=O)COc1ccc(S(=O)(=O)N2CCc3ccccc32)cc1. The van der Waals surface area contributed by atoms with E-state index in [9.17, 15) is 18.0 Å². The van der Waals surface area contributed by atoms with Crippen LogP contribution in [0.5, 0.6) is 5.75 Å². The minimum atomic E-state index is -3.70. The van der Waals surface area contributed by atoms with Gasteiger partial charge in [0, 0.05) is 6.54 Å². The molecule has 0 bridgehead atoms. The molecule has 8 nitrogen and oxygen atoms in total. The molecule has 3 aromatic carbocycles. The lowest BCUT2D eigenvalue weighted by molar-refractivity contribution is -0.118. The largest absolute Gasteiger partial charge is 0.484 e.